The number of nitrogens with one attached hydrogen (secondary N) is 1. The number of aromatic amines is 1. The average molecular weight is 448 g/mol. The molecule has 3 N–H and O–H groups in total. The van der Waals surface area contributed by atoms with E-state index in [4.69, 9.17) is 19.9 Å². The number of H-pyrrole nitrogens is 1. The number of carbonyl (C=O) groups excluding carboxylic acids is 1. The molecule has 0 aliphatic heterocycles. The van der Waals surface area contributed by atoms with E-state index in [2.05, 4.69) is 4.98 Å². The van der Waals surface area contributed by atoms with E-state index in [1.165, 1.54) is 33.5 Å². The fourth-order valence-electron chi connectivity index (χ4n) is 3.68. The van der Waals surface area contributed by atoms with Gasteiger partial charge in [0.2, 0.25) is 5.75 Å². The molecule has 0 saturated carbocycles. The fourth-order valence-corrected chi connectivity index (χ4v) is 3.68. The van der Waals surface area contributed by atoms with Gasteiger partial charge in [0.1, 0.15) is 0 Å². The number of benzene rings is 2. The molecule has 6 nitrogen and oxygen atoms in total. The van der Waals surface area contributed by atoms with Crippen LogP contribution in [0, 0.1) is 0 Å². The van der Waals surface area contributed by atoms with Crippen molar-refractivity contribution in [2.24, 2.45) is 5.73 Å². The lowest BCUT2D eigenvalue weighted by molar-refractivity contribution is -0.137. The van der Waals surface area contributed by atoms with Gasteiger partial charge in [0.25, 0.3) is 5.91 Å². The van der Waals surface area contributed by atoms with Crippen molar-refractivity contribution in [2.75, 3.05) is 21.3 Å². The van der Waals surface area contributed by atoms with Crippen LogP contribution >= 0.6 is 0 Å². The van der Waals surface area contributed by atoms with Crippen LogP contribution in [0.25, 0.3) is 22.5 Å². The number of alkyl halides is 3. The van der Waals surface area contributed by atoms with E-state index in [1.54, 1.807) is 12.1 Å². The summed E-state index contributed by atoms with van der Waals surface area (Å²) < 4.78 is 55.0. The Kier molecular flexibility index (Phi) is 6.38. The maximum atomic E-state index is 13.0. The molecule has 3 aromatic rings. The summed E-state index contributed by atoms with van der Waals surface area (Å²) in [6, 6.07) is 8.04. The highest BCUT2D eigenvalue weighted by molar-refractivity contribution is 6.03. The van der Waals surface area contributed by atoms with E-state index in [9.17, 15) is 18.0 Å². The predicted octanol–water partition coefficient (Wildman–Crippen LogP) is 5.05. The molecule has 0 bridgehead atoms. The quantitative estimate of drug-likeness (QED) is 0.529. The smallest absolute Gasteiger partial charge is 0.416 e. The predicted molar refractivity (Wildman–Crippen MR) is 114 cm³/mol. The number of primary amides is 1. The van der Waals surface area contributed by atoms with Crippen molar-refractivity contribution in [1.82, 2.24) is 4.98 Å². The zero-order valence-electron chi connectivity index (χ0n) is 18.0. The third kappa shape index (κ3) is 4.10. The Bertz CT molecular complexity index is 1110. The van der Waals surface area contributed by atoms with Crippen LogP contribution < -0.4 is 19.9 Å². The second-order valence-electron chi connectivity index (χ2n) is 6.94. The van der Waals surface area contributed by atoms with Gasteiger partial charge < -0.3 is 24.9 Å². The molecule has 0 unspecified atom stereocenters. The van der Waals surface area contributed by atoms with Crippen molar-refractivity contribution in [1.29, 1.82) is 0 Å². The Labute approximate surface area is 183 Å². The summed E-state index contributed by atoms with van der Waals surface area (Å²) in [5.41, 5.74) is 7.75. The normalized spacial score (nSPS) is 11.3. The van der Waals surface area contributed by atoms with E-state index in [0.29, 0.717) is 51.7 Å². The van der Waals surface area contributed by atoms with Gasteiger partial charge in [-0.05, 0) is 41.8 Å². The first-order valence-corrected chi connectivity index (χ1v) is 9.68. The maximum absolute atomic E-state index is 13.0. The molecule has 0 saturated heterocycles. The van der Waals surface area contributed by atoms with Crippen molar-refractivity contribution in [3.05, 3.63) is 53.1 Å². The van der Waals surface area contributed by atoms with Gasteiger partial charge in [-0.25, -0.2) is 0 Å². The number of hydrogen-bond acceptors (Lipinski definition) is 4. The molecule has 1 heterocycles. The number of amides is 1. The van der Waals surface area contributed by atoms with Crippen molar-refractivity contribution in [3.63, 3.8) is 0 Å². The summed E-state index contributed by atoms with van der Waals surface area (Å²) in [4.78, 5) is 15.6. The topological polar surface area (TPSA) is 86.6 Å². The highest BCUT2D eigenvalue weighted by Gasteiger charge is 2.30. The molecule has 0 atom stereocenters. The molecule has 170 valence electrons. The lowest BCUT2D eigenvalue weighted by Gasteiger charge is -2.14. The molecule has 0 aliphatic carbocycles. The molecule has 9 heteroatoms. The number of rotatable bonds is 7. The third-order valence-electron chi connectivity index (χ3n) is 5.16. The number of methoxy groups -OCH3 is 3. The van der Waals surface area contributed by atoms with Crippen molar-refractivity contribution >= 4 is 5.91 Å². The van der Waals surface area contributed by atoms with Gasteiger partial charge in [-0.15, -0.1) is 0 Å². The SMILES string of the molecule is CCc1c(-c2ccc(C(F)(F)F)cc2)[nH]c(-c2cc(OC)c(OC)c(OC)c2)c1C(N)=O. The number of halogens is 3. The first-order valence-electron chi connectivity index (χ1n) is 9.68. The standard InChI is InChI=1S/C23H23F3N2O4/c1-5-15-18(22(27)29)20(13-10-16(30-2)21(32-4)17(11-13)31-3)28-19(15)12-6-8-14(9-7-12)23(24,25)26/h6-11,28H,5H2,1-4H3,(H2,27,29). The van der Waals surface area contributed by atoms with Gasteiger partial charge in [0, 0.05) is 11.3 Å². The summed E-state index contributed by atoms with van der Waals surface area (Å²) in [5, 5.41) is 0. The molecule has 0 radical (unpaired) electrons. The second kappa shape index (κ2) is 8.86. The molecule has 0 aliphatic rings. The Morgan fingerprint density at radius 3 is 1.91 bits per heavy atom. The zero-order valence-corrected chi connectivity index (χ0v) is 18.0. The lowest BCUT2D eigenvalue weighted by atomic mass is 9.98. The second-order valence-corrected chi connectivity index (χ2v) is 6.94. The van der Waals surface area contributed by atoms with E-state index in [1.807, 2.05) is 6.92 Å². The largest absolute Gasteiger partial charge is 0.493 e. The van der Waals surface area contributed by atoms with Gasteiger partial charge in [-0.2, -0.15) is 13.2 Å². The summed E-state index contributed by atoms with van der Waals surface area (Å²) in [6.45, 7) is 1.84. The summed E-state index contributed by atoms with van der Waals surface area (Å²) in [6.07, 6.45) is -4.02. The van der Waals surface area contributed by atoms with E-state index >= 15 is 0 Å². The average Bonchev–Trinajstić information content (AvgIpc) is 3.17. The summed E-state index contributed by atoms with van der Waals surface area (Å²) in [7, 11) is 4.41. The van der Waals surface area contributed by atoms with Gasteiger partial charge in [0.15, 0.2) is 11.5 Å². The lowest BCUT2D eigenvalue weighted by Crippen LogP contribution is -2.13. The Morgan fingerprint density at radius 2 is 1.50 bits per heavy atom. The van der Waals surface area contributed by atoms with Crippen molar-refractivity contribution in [2.45, 2.75) is 19.5 Å². The third-order valence-corrected chi connectivity index (χ3v) is 5.16. The first kappa shape index (κ1) is 23.1. The maximum Gasteiger partial charge on any atom is 0.416 e. The molecular formula is C23H23F3N2O4. The first-order chi connectivity index (χ1) is 15.2. The van der Waals surface area contributed by atoms with Gasteiger partial charge in [-0.1, -0.05) is 19.1 Å². The van der Waals surface area contributed by atoms with Crippen LogP contribution in [-0.2, 0) is 12.6 Å². The Balaban J connectivity index is 2.25. The van der Waals surface area contributed by atoms with Crippen LogP contribution in [0.15, 0.2) is 36.4 Å². The summed E-state index contributed by atoms with van der Waals surface area (Å²) in [5.74, 6) is 0.464. The van der Waals surface area contributed by atoms with Crippen LogP contribution in [0.2, 0.25) is 0 Å². The fraction of sp³-hybridized carbons (Fsp3) is 0.261. The highest BCUT2D eigenvalue weighted by Crippen LogP contribution is 2.43. The van der Waals surface area contributed by atoms with E-state index < -0.39 is 17.6 Å². The van der Waals surface area contributed by atoms with Crippen molar-refractivity contribution in [3.8, 4) is 39.8 Å². The van der Waals surface area contributed by atoms with E-state index in [-0.39, 0.29) is 5.56 Å². The van der Waals surface area contributed by atoms with E-state index in [0.717, 1.165) is 12.1 Å². The summed E-state index contributed by atoms with van der Waals surface area (Å²) >= 11 is 0. The number of ether oxygens (including phenoxy) is 3. The minimum Gasteiger partial charge on any atom is -0.493 e. The van der Waals surface area contributed by atoms with Crippen LogP contribution in [0.4, 0.5) is 13.2 Å². The zero-order chi connectivity index (χ0) is 23.6. The monoisotopic (exact) mass is 448 g/mol. The molecular weight excluding hydrogens is 425 g/mol. The molecule has 0 spiro atoms. The number of carbonyl (C=O) groups is 1. The van der Waals surface area contributed by atoms with Gasteiger partial charge in [0.05, 0.1) is 38.2 Å². The van der Waals surface area contributed by atoms with Crippen LogP contribution in [0.3, 0.4) is 0 Å². The highest BCUT2D eigenvalue weighted by atomic mass is 19.4. The molecule has 3 rings (SSSR count). The molecule has 32 heavy (non-hydrogen) atoms. The van der Waals surface area contributed by atoms with Crippen molar-refractivity contribution < 1.29 is 32.2 Å². The van der Waals surface area contributed by atoms with Gasteiger partial charge >= 0.3 is 6.18 Å². The number of nitrogens with two attached hydrogens (primary N) is 1. The van der Waals surface area contributed by atoms with Gasteiger partial charge in [-0.3, -0.25) is 4.79 Å². The van der Waals surface area contributed by atoms with Crippen LogP contribution in [0.1, 0.15) is 28.4 Å². The minimum atomic E-state index is -4.44. The molecule has 0 fully saturated rings. The minimum absolute atomic E-state index is 0.247. The number of hydrogen-bond donors (Lipinski definition) is 2. The Hall–Kier alpha value is -3.62. The molecule has 2 aromatic carbocycles. The van der Waals surface area contributed by atoms with Crippen LogP contribution in [-0.4, -0.2) is 32.2 Å². The molecule has 1 aromatic heterocycles. The number of aromatic nitrogens is 1. The molecule has 1 amide bonds. The van der Waals surface area contributed by atoms with Crippen LogP contribution in [0.5, 0.6) is 17.2 Å². The Morgan fingerprint density at radius 1 is 0.938 bits per heavy atom.